The van der Waals surface area contributed by atoms with Crippen molar-refractivity contribution in [2.24, 2.45) is 4.99 Å². The van der Waals surface area contributed by atoms with Gasteiger partial charge in [0.25, 0.3) is 5.69 Å². The number of non-ortho nitro benzene ring substituents is 1. The van der Waals surface area contributed by atoms with Gasteiger partial charge in [-0.15, -0.1) is 0 Å². The third-order valence-corrected chi connectivity index (χ3v) is 5.87. The van der Waals surface area contributed by atoms with E-state index in [0.29, 0.717) is 30.3 Å². The Morgan fingerprint density at radius 2 is 1.94 bits per heavy atom. The zero-order valence-electron chi connectivity index (χ0n) is 18.4. The maximum absolute atomic E-state index is 12.4. The number of ether oxygens (including phenoxy) is 3. The molecule has 3 aromatic rings. The molecule has 8 nitrogen and oxygen atoms in total. The van der Waals surface area contributed by atoms with Gasteiger partial charge in [-0.1, -0.05) is 29.8 Å². The molecule has 3 aromatic carbocycles. The highest BCUT2D eigenvalue weighted by atomic mass is 127. The molecule has 0 saturated heterocycles. The Hall–Kier alpha value is -3.44. The number of hydrogen-bond donors (Lipinski definition) is 0. The van der Waals surface area contributed by atoms with Crippen LogP contribution < -0.4 is 9.47 Å². The average molecular weight is 605 g/mol. The van der Waals surface area contributed by atoms with Crippen molar-refractivity contribution in [3.8, 4) is 11.5 Å². The number of halogens is 2. The quantitative estimate of drug-likeness (QED) is 0.100. The molecule has 0 aromatic heterocycles. The Bertz CT molecular complexity index is 1370. The number of cyclic esters (lactones) is 1. The third kappa shape index (κ3) is 5.98. The van der Waals surface area contributed by atoms with Gasteiger partial charge in [-0.25, -0.2) is 9.79 Å². The van der Waals surface area contributed by atoms with Gasteiger partial charge in [0.1, 0.15) is 6.61 Å². The van der Waals surface area contributed by atoms with E-state index in [2.05, 4.69) is 27.6 Å². The van der Waals surface area contributed by atoms with Gasteiger partial charge in [0.05, 0.1) is 22.1 Å². The number of aliphatic imine (C=N–C) groups is 1. The second kappa shape index (κ2) is 10.9. The van der Waals surface area contributed by atoms with Crippen molar-refractivity contribution in [2.75, 3.05) is 6.61 Å². The van der Waals surface area contributed by atoms with E-state index in [1.165, 1.54) is 24.3 Å². The fourth-order valence-corrected chi connectivity index (χ4v) is 4.07. The van der Waals surface area contributed by atoms with Gasteiger partial charge >= 0.3 is 5.97 Å². The second-order valence-corrected chi connectivity index (χ2v) is 8.97. The first kappa shape index (κ1) is 24.7. The van der Waals surface area contributed by atoms with E-state index < -0.39 is 10.9 Å². The Balaban J connectivity index is 1.59. The first-order chi connectivity index (χ1) is 16.8. The van der Waals surface area contributed by atoms with E-state index in [1.807, 2.05) is 31.2 Å². The van der Waals surface area contributed by atoms with Crippen LogP contribution in [-0.2, 0) is 16.1 Å². The van der Waals surface area contributed by atoms with Gasteiger partial charge in [0.15, 0.2) is 17.2 Å². The van der Waals surface area contributed by atoms with E-state index in [4.69, 9.17) is 25.8 Å². The van der Waals surface area contributed by atoms with Crippen LogP contribution >= 0.6 is 34.2 Å². The van der Waals surface area contributed by atoms with E-state index in [9.17, 15) is 14.9 Å². The zero-order chi connectivity index (χ0) is 24.9. The molecule has 1 heterocycles. The highest BCUT2D eigenvalue weighted by molar-refractivity contribution is 14.1. The monoisotopic (exact) mass is 604 g/mol. The second-order valence-electron chi connectivity index (χ2n) is 7.32. The molecule has 1 aliphatic rings. The standard InChI is InChI=1S/C25H18ClIN2O6/c1-2-33-23-12-15(6-9-22(23)34-14-16-4-3-5-17(27)10-16)11-21-25(30)35-24(28-21)19-13-18(29(31)32)7-8-20(19)26/h3-13H,2,14H2,1H3/b21-11-. The molecule has 0 radical (unpaired) electrons. The van der Waals surface area contributed by atoms with E-state index in [1.54, 1.807) is 18.2 Å². The number of hydrogen-bond acceptors (Lipinski definition) is 7. The van der Waals surface area contributed by atoms with E-state index in [-0.39, 0.29) is 27.9 Å². The molecule has 1 aliphatic heterocycles. The molecule has 0 amide bonds. The molecule has 0 saturated carbocycles. The number of nitro groups is 1. The molecule has 0 fully saturated rings. The van der Waals surface area contributed by atoms with Crippen LogP contribution in [-0.4, -0.2) is 23.4 Å². The van der Waals surface area contributed by atoms with Crippen molar-refractivity contribution in [1.82, 2.24) is 0 Å². The summed E-state index contributed by atoms with van der Waals surface area (Å²) in [6.45, 7) is 2.67. The molecule has 178 valence electrons. The summed E-state index contributed by atoms with van der Waals surface area (Å²) < 4.78 is 18.0. The summed E-state index contributed by atoms with van der Waals surface area (Å²) >= 11 is 8.40. The molecule has 0 N–H and O–H groups in total. The van der Waals surface area contributed by atoms with Crippen LogP contribution in [0.25, 0.3) is 6.08 Å². The fraction of sp³-hybridized carbons (Fsp3) is 0.120. The molecule has 35 heavy (non-hydrogen) atoms. The van der Waals surface area contributed by atoms with Gasteiger partial charge in [0.2, 0.25) is 5.90 Å². The van der Waals surface area contributed by atoms with Gasteiger partial charge < -0.3 is 14.2 Å². The molecule has 0 unspecified atom stereocenters. The average Bonchev–Trinajstić information content (AvgIpc) is 3.18. The fourth-order valence-electron chi connectivity index (χ4n) is 3.26. The smallest absolute Gasteiger partial charge is 0.363 e. The Morgan fingerprint density at radius 3 is 2.69 bits per heavy atom. The van der Waals surface area contributed by atoms with Crippen LogP contribution in [0.5, 0.6) is 11.5 Å². The van der Waals surface area contributed by atoms with Crippen molar-refractivity contribution in [3.05, 3.63) is 102 Å². The number of esters is 1. The number of carbonyl (C=O) groups excluding carboxylic acids is 1. The van der Waals surface area contributed by atoms with Crippen molar-refractivity contribution >= 4 is 57.8 Å². The van der Waals surface area contributed by atoms with Crippen molar-refractivity contribution in [3.63, 3.8) is 0 Å². The molecule has 0 spiro atoms. The summed E-state index contributed by atoms with van der Waals surface area (Å²) in [6, 6.07) is 17.1. The summed E-state index contributed by atoms with van der Waals surface area (Å²) in [7, 11) is 0. The van der Waals surface area contributed by atoms with Crippen LogP contribution in [0, 0.1) is 13.7 Å². The molecule has 0 aliphatic carbocycles. The maximum Gasteiger partial charge on any atom is 0.363 e. The highest BCUT2D eigenvalue weighted by Gasteiger charge is 2.27. The summed E-state index contributed by atoms with van der Waals surface area (Å²) in [4.78, 5) is 27.1. The third-order valence-electron chi connectivity index (χ3n) is 4.87. The van der Waals surface area contributed by atoms with Crippen LogP contribution in [0.1, 0.15) is 23.6 Å². The van der Waals surface area contributed by atoms with Crippen molar-refractivity contribution in [2.45, 2.75) is 13.5 Å². The summed E-state index contributed by atoms with van der Waals surface area (Å²) in [5.74, 6) is 0.288. The molecular formula is C25H18ClIN2O6. The number of benzene rings is 3. The largest absolute Gasteiger partial charge is 0.490 e. The minimum absolute atomic E-state index is 0.0255. The SMILES string of the molecule is CCOc1cc(/C=C2\N=C(c3cc([N+](=O)[O-])ccc3Cl)OC2=O)ccc1OCc1cccc(I)c1. The lowest BCUT2D eigenvalue weighted by molar-refractivity contribution is -0.384. The van der Waals surface area contributed by atoms with Crippen LogP contribution in [0.4, 0.5) is 5.69 Å². The topological polar surface area (TPSA) is 100 Å². The maximum atomic E-state index is 12.4. The Morgan fingerprint density at radius 1 is 1.11 bits per heavy atom. The van der Waals surface area contributed by atoms with Gasteiger partial charge in [-0.3, -0.25) is 10.1 Å². The molecule has 4 rings (SSSR count). The molecule has 0 bridgehead atoms. The molecule has 0 atom stereocenters. The Labute approximate surface area is 219 Å². The predicted octanol–water partition coefficient (Wildman–Crippen LogP) is 6.18. The summed E-state index contributed by atoms with van der Waals surface area (Å²) in [6.07, 6.45) is 1.53. The molecule has 10 heteroatoms. The lowest BCUT2D eigenvalue weighted by atomic mass is 10.1. The normalized spacial score (nSPS) is 14.0. The predicted molar refractivity (Wildman–Crippen MR) is 140 cm³/mol. The van der Waals surface area contributed by atoms with Crippen LogP contribution in [0.3, 0.4) is 0 Å². The van der Waals surface area contributed by atoms with Crippen LogP contribution in [0.2, 0.25) is 5.02 Å². The van der Waals surface area contributed by atoms with Crippen molar-refractivity contribution in [1.29, 1.82) is 0 Å². The summed E-state index contributed by atoms with van der Waals surface area (Å²) in [5.41, 5.74) is 1.66. The van der Waals surface area contributed by atoms with Crippen LogP contribution in [0.15, 0.2) is 71.4 Å². The minimum atomic E-state index is -0.695. The van der Waals surface area contributed by atoms with E-state index in [0.717, 1.165) is 9.13 Å². The van der Waals surface area contributed by atoms with Crippen molar-refractivity contribution < 1.29 is 23.9 Å². The summed E-state index contributed by atoms with van der Waals surface area (Å²) in [5, 5.41) is 11.3. The number of carbonyl (C=O) groups is 1. The minimum Gasteiger partial charge on any atom is -0.490 e. The lowest BCUT2D eigenvalue weighted by Gasteiger charge is -2.13. The number of rotatable bonds is 8. The Kier molecular flexibility index (Phi) is 7.67. The van der Waals surface area contributed by atoms with Gasteiger partial charge in [-0.05, 0) is 77.0 Å². The van der Waals surface area contributed by atoms with E-state index >= 15 is 0 Å². The van der Waals surface area contributed by atoms with Gasteiger partial charge in [0, 0.05) is 15.7 Å². The molecular weight excluding hydrogens is 587 g/mol. The lowest BCUT2D eigenvalue weighted by Crippen LogP contribution is -2.06. The first-order valence-corrected chi connectivity index (χ1v) is 11.9. The number of nitrogens with zero attached hydrogens (tertiary/aromatic N) is 2. The first-order valence-electron chi connectivity index (χ1n) is 10.4. The number of nitro benzene ring substituents is 1. The highest BCUT2D eigenvalue weighted by Crippen LogP contribution is 2.32. The van der Waals surface area contributed by atoms with Gasteiger partial charge in [-0.2, -0.15) is 0 Å². The zero-order valence-corrected chi connectivity index (χ0v) is 21.3.